The fraction of sp³-hybridized carbons (Fsp3) is 0.136. The molecule has 8 nitrogen and oxygen atoms in total. The van der Waals surface area contributed by atoms with Crippen LogP contribution in [0.3, 0.4) is 0 Å². The van der Waals surface area contributed by atoms with E-state index in [1.165, 1.54) is 42.5 Å². The molecule has 3 rings (SSSR count). The first-order valence-electron chi connectivity index (χ1n) is 9.38. The van der Waals surface area contributed by atoms with Crippen molar-refractivity contribution < 1.29 is 22.7 Å². The van der Waals surface area contributed by atoms with Gasteiger partial charge in [0.05, 0.1) is 16.0 Å². The van der Waals surface area contributed by atoms with E-state index in [1.807, 2.05) is 13.0 Å². The summed E-state index contributed by atoms with van der Waals surface area (Å²) in [6.45, 7) is 3.27. The van der Waals surface area contributed by atoms with Crippen molar-refractivity contribution in [3.63, 3.8) is 0 Å². The number of carbonyl (C=O) groups is 2. The predicted molar refractivity (Wildman–Crippen MR) is 121 cm³/mol. The number of nitrogens with one attached hydrogen (secondary N) is 2. The number of carbonyl (C=O) groups excluding carboxylic acids is 2. The summed E-state index contributed by atoms with van der Waals surface area (Å²) in [7, 11) is -3.94. The summed E-state index contributed by atoms with van der Waals surface area (Å²) in [6.07, 6.45) is -1.16. The molecule has 32 heavy (non-hydrogen) atoms. The van der Waals surface area contributed by atoms with E-state index in [9.17, 15) is 18.0 Å². The molecule has 1 amide bonds. The van der Waals surface area contributed by atoms with Gasteiger partial charge in [-0.3, -0.25) is 9.52 Å². The Morgan fingerprint density at radius 1 is 1.12 bits per heavy atom. The predicted octanol–water partition coefficient (Wildman–Crippen LogP) is 3.91. The minimum Gasteiger partial charge on any atom is -0.449 e. The van der Waals surface area contributed by atoms with Crippen molar-refractivity contribution in [3.8, 4) is 6.07 Å². The van der Waals surface area contributed by atoms with Crippen LogP contribution in [0.2, 0.25) is 0 Å². The van der Waals surface area contributed by atoms with Gasteiger partial charge in [-0.1, -0.05) is 23.8 Å². The van der Waals surface area contributed by atoms with Crippen molar-refractivity contribution in [1.82, 2.24) is 0 Å². The van der Waals surface area contributed by atoms with E-state index in [0.29, 0.717) is 16.3 Å². The Labute approximate surface area is 189 Å². The maximum Gasteiger partial charge on any atom is 0.338 e. The van der Waals surface area contributed by atoms with E-state index in [0.717, 1.165) is 5.56 Å². The number of nitrogens with zero attached hydrogens (tertiary/aromatic N) is 1. The quantitative estimate of drug-likeness (QED) is 0.505. The third-order valence-corrected chi connectivity index (χ3v) is 6.57. The molecule has 1 atom stereocenters. The molecule has 0 aliphatic carbocycles. The van der Waals surface area contributed by atoms with Gasteiger partial charge in [-0.25, -0.2) is 13.2 Å². The lowest BCUT2D eigenvalue weighted by atomic mass is 10.2. The SMILES string of the molecule is Cc1ccc(NS(=O)(=O)c2cccc(C(=O)OC(C)C(=O)Nc3sccc3C#N)c2)cc1. The molecule has 0 bridgehead atoms. The highest BCUT2D eigenvalue weighted by Gasteiger charge is 2.22. The standard InChI is InChI=1S/C22H19N3O5S2/c1-14-6-8-18(9-7-14)25-32(28,29)19-5-3-4-16(12-19)22(27)30-15(2)20(26)24-21-17(13-23)10-11-31-21/h3-12,15,25H,1-2H3,(H,24,26). The second-order valence-corrected chi connectivity index (χ2v) is 9.41. The number of hydrogen-bond acceptors (Lipinski definition) is 7. The average Bonchev–Trinajstić information content (AvgIpc) is 3.22. The van der Waals surface area contributed by atoms with Crippen LogP contribution in [0, 0.1) is 18.3 Å². The van der Waals surface area contributed by atoms with Crippen LogP contribution < -0.4 is 10.0 Å². The zero-order valence-electron chi connectivity index (χ0n) is 17.2. The number of rotatable bonds is 7. The Balaban J connectivity index is 1.69. The fourth-order valence-electron chi connectivity index (χ4n) is 2.62. The van der Waals surface area contributed by atoms with E-state index in [-0.39, 0.29) is 10.5 Å². The number of benzene rings is 2. The average molecular weight is 470 g/mol. The Morgan fingerprint density at radius 3 is 2.53 bits per heavy atom. The minimum absolute atomic E-state index is 0.0229. The number of nitriles is 1. The van der Waals surface area contributed by atoms with Gasteiger partial charge >= 0.3 is 5.97 Å². The van der Waals surface area contributed by atoms with Gasteiger partial charge in [0.25, 0.3) is 15.9 Å². The van der Waals surface area contributed by atoms with Crippen LogP contribution in [-0.4, -0.2) is 26.4 Å². The monoisotopic (exact) mass is 469 g/mol. The number of thiophene rings is 1. The number of aryl methyl sites for hydroxylation is 1. The van der Waals surface area contributed by atoms with Crippen LogP contribution in [0.15, 0.2) is 64.9 Å². The van der Waals surface area contributed by atoms with E-state index in [4.69, 9.17) is 10.00 Å². The lowest BCUT2D eigenvalue weighted by molar-refractivity contribution is -0.123. The number of ether oxygens (including phenoxy) is 1. The zero-order chi connectivity index (χ0) is 23.3. The number of esters is 1. The van der Waals surface area contributed by atoms with Crippen LogP contribution in [0.5, 0.6) is 0 Å². The summed E-state index contributed by atoms with van der Waals surface area (Å²) in [5.41, 5.74) is 1.66. The fourth-order valence-corrected chi connectivity index (χ4v) is 4.46. The summed E-state index contributed by atoms with van der Waals surface area (Å²) >= 11 is 1.17. The normalized spacial score (nSPS) is 11.8. The first-order chi connectivity index (χ1) is 15.2. The lowest BCUT2D eigenvalue weighted by Gasteiger charge is -2.14. The Hall–Kier alpha value is -3.68. The van der Waals surface area contributed by atoms with Gasteiger partial charge in [-0.15, -0.1) is 11.3 Å². The van der Waals surface area contributed by atoms with Crippen molar-refractivity contribution in [2.45, 2.75) is 24.8 Å². The van der Waals surface area contributed by atoms with Crippen molar-refractivity contribution in [2.24, 2.45) is 0 Å². The molecule has 1 aromatic heterocycles. The summed E-state index contributed by atoms with van der Waals surface area (Å²) < 4.78 is 33.0. The molecule has 0 radical (unpaired) electrons. The second kappa shape index (κ2) is 9.64. The topological polar surface area (TPSA) is 125 Å². The number of anilines is 2. The zero-order valence-corrected chi connectivity index (χ0v) is 18.8. The summed E-state index contributed by atoms with van der Waals surface area (Å²) in [5, 5.41) is 13.6. The number of hydrogen-bond donors (Lipinski definition) is 2. The van der Waals surface area contributed by atoms with Crippen LogP contribution in [0.4, 0.5) is 10.7 Å². The molecular formula is C22H19N3O5S2. The molecule has 10 heteroatoms. The molecule has 0 saturated carbocycles. The molecule has 0 aliphatic rings. The van der Waals surface area contributed by atoms with Gasteiger partial charge in [0.15, 0.2) is 6.10 Å². The third kappa shape index (κ3) is 5.51. The van der Waals surface area contributed by atoms with Crippen LogP contribution in [-0.2, 0) is 19.6 Å². The van der Waals surface area contributed by atoms with E-state index in [2.05, 4.69) is 10.0 Å². The first kappa shape index (κ1) is 23.0. The second-order valence-electron chi connectivity index (χ2n) is 6.81. The molecule has 1 heterocycles. The largest absolute Gasteiger partial charge is 0.449 e. The number of amides is 1. The van der Waals surface area contributed by atoms with Crippen molar-refractivity contribution in [2.75, 3.05) is 10.0 Å². The Kier molecular flexibility index (Phi) is 6.92. The van der Waals surface area contributed by atoms with E-state index < -0.39 is 28.0 Å². The van der Waals surface area contributed by atoms with Gasteiger partial charge in [-0.05, 0) is 55.6 Å². The highest BCUT2D eigenvalue weighted by molar-refractivity contribution is 7.92. The molecule has 0 saturated heterocycles. The highest BCUT2D eigenvalue weighted by atomic mass is 32.2. The molecule has 164 valence electrons. The van der Waals surface area contributed by atoms with Crippen LogP contribution >= 0.6 is 11.3 Å². The van der Waals surface area contributed by atoms with Crippen molar-refractivity contribution in [1.29, 1.82) is 5.26 Å². The summed E-state index contributed by atoms with van der Waals surface area (Å²) in [6, 6.07) is 15.7. The maximum atomic E-state index is 12.7. The maximum absolute atomic E-state index is 12.7. The van der Waals surface area contributed by atoms with Gasteiger partial charge in [0, 0.05) is 5.69 Å². The van der Waals surface area contributed by atoms with Gasteiger partial charge in [-0.2, -0.15) is 5.26 Å². The summed E-state index contributed by atoms with van der Waals surface area (Å²) in [5.74, 6) is -1.46. The van der Waals surface area contributed by atoms with Gasteiger partial charge in [0.2, 0.25) is 0 Å². The Morgan fingerprint density at radius 2 is 1.84 bits per heavy atom. The van der Waals surface area contributed by atoms with Gasteiger partial charge in [0.1, 0.15) is 11.1 Å². The smallest absolute Gasteiger partial charge is 0.338 e. The highest BCUT2D eigenvalue weighted by Crippen LogP contribution is 2.23. The number of sulfonamides is 1. The van der Waals surface area contributed by atoms with Crippen molar-refractivity contribution in [3.05, 3.63) is 76.7 Å². The lowest BCUT2D eigenvalue weighted by Crippen LogP contribution is -2.30. The molecule has 0 spiro atoms. The third-order valence-electron chi connectivity index (χ3n) is 4.36. The minimum atomic E-state index is -3.94. The molecule has 2 N–H and O–H groups in total. The van der Waals surface area contributed by atoms with Crippen LogP contribution in [0.25, 0.3) is 0 Å². The van der Waals surface area contributed by atoms with E-state index in [1.54, 1.807) is 35.7 Å². The van der Waals surface area contributed by atoms with Gasteiger partial charge < -0.3 is 10.1 Å². The molecule has 0 fully saturated rings. The Bertz CT molecular complexity index is 1290. The van der Waals surface area contributed by atoms with Crippen molar-refractivity contribution >= 4 is 43.9 Å². The summed E-state index contributed by atoms with van der Waals surface area (Å²) in [4.78, 5) is 24.7. The molecule has 3 aromatic rings. The molecular weight excluding hydrogens is 450 g/mol. The van der Waals surface area contributed by atoms with E-state index >= 15 is 0 Å². The molecule has 0 aliphatic heterocycles. The molecule has 2 aromatic carbocycles. The van der Waals surface area contributed by atoms with Crippen LogP contribution in [0.1, 0.15) is 28.4 Å². The molecule has 1 unspecified atom stereocenters. The first-order valence-corrected chi connectivity index (χ1v) is 11.7.